The van der Waals surface area contributed by atoms with E-state index in [4.69, 9.17) is 4.74 Å². The molecule has 0 aliphatic carbocycles. The van der Waals surface area contributed by atoms with E-state index < -0.39 is 29.3 Å². The highest BCUT2D eigenvalue weighted by molar-refractivity contribution is 5.73. The second-order valence-electron chi connectivity index (χ2n) is 5.36. The Bertz CT molecular complexity index is 506. The first-order chi connectivity index (χ1) is 9.65. The highest BCUT2D eigenvalue weighted by Gasteiger charge is 2.17. The first kappa shape index (κ1) is 16.9. The molecule has 0 unspecified atom stereocenters. The van der Waals surface area contributed by atoms with Gasteiger partial charge in [0.15, 0.2) is 0 Å². The van der Waals surface area contributed by atoms with Gasteiger partial charge in [0, 0.05) is 6.07 Å². The molecule has 1 rings (SSSR count). The van der Waals surface area contributed by atoms with Crippen LogP contribution in [0.25, 0.3) is 0 Å². The molecular weight excluding hydrogens is 284 g/mol. The first-order valence-corrected chi connectivity index (χ1v) is 6.29. The number of ether oxygens (including phenoxy) is 1. The SMILES string of the molecule is CC(C)(C)OC(=O)NOC(=O)CCc1cc(F)cc(F)c1. The van der Waals surface area contributed by atoms with Crippen molar-refractivity contribution in [1.29, 1.82) is 0 Å². The van der Waals surface area contributed by atoms with E-state index in [2.05, 4.69) is 4.84 Å². The summed E-state index contributed by atoms with van der Waals surface area (Å²) in [5.74, 6) is -2.18. The minimum Gasteiger partial charge on any atom is -0.442 e. The minimum atomic E-state index is -0.896. The zero-order valence-corrected chi connectivity index (χ0v) is 12.0. The minimum absolute atomic E-state index is 0.0868. The Hall–Kier alpha value is -2.18. The maximum atomic E-state index is 12.9. The predicted octanol–water partition coefficient (Wildman–Crippen LogP) is 2.88. The lowest BCUT2D eigenvalue weighted by molar-refractivity contribution is -0.150. The first-order valence-electron chi connectivity index (χ1n) is 6.29. The Balaban J connectivity index is 2.36. The van der Waals surface area contributed by atoms with Crippen LogP contribution < -0.4 is 5.48 Å². The van der Waals surface area contributed by atoms with Crippen molar-refractivity contribution in [1.82, 2.24) is 5.48 Å². The van der Waals surface area contributed by atoms with E-state index in [1.807, 2.05) is 5.48 Å². The molecule has 1 aromatic rings. The van der Waals surface area contributed by atoms with Gasteiger partial charge in [-0.05, 0) is 44.9 Å². The van der Waals surface area contributed by atoms with Crippen LogP contribution in [0.5, 0.6) is 0 Å². The molecule has 7 heteroatoms. The predicted molar refractivity (Wildman–Crippen MR) is 70.1 cm³/mol. The molecule has 21 heavy (non-hydrogen) atoms. The maximum absolute atomic E-state index is 12.9. The average molecular weight is 301 g/mol. The van der Waals surface area contributed by atoms with Crippen LogP contribution in [-0.2, 0) is 20.8 Å². The molecule has 5 nitrogen and oxygen atoms in total. The number of benzene rings is 1. The summed E-state index contributed by atoms with van der Waals surface area (Å²) in [6.45, 7) is 4.98. The van der Waals surface area contributed by atoms with Crippen LogP contribution in [-0.4, -0.2) is 17.7 Å². The molecular formula is C14H17F2NO4. The molecule has 1 aromatic carbocycles. The van der Waals surface area contributed by atoms with Crippen molar-refractivity contribution in [3.05, 3.63) is 35.4 Å². The maximum Gasteiger partial charge on any atom is 0.441 e. The summed E-state index contributed by atoms with van der Waals surface area (Å²) in [5, 5.41) is 0. The number of aryl methyl sites for hydroxylation is 1. The Morgan fingerprint density at radius 2 is 1.71 bits per heavy atom. The Morgan fingerprint density at radius 3 is 2.24 bits per heavy atom. The van der Waals surface area contributed by atoms with Crippen LogP contribution in [0.2, 0.25) is 0 Å². The molecule has 0 saturated heterocycles. The van der Waals surface area contributed by atoms with E-state index in [1.54, 1.807) is 20.8 Å². The number of rotatable bonds is 3. The van der Waals surface area contributed by atoms with Gasteiger partial charge in [-0.1, -0.05) is 0 Å². The van der Waals surface area contributed by atoms with Crippen LogP contribution >= 0.6 is 0 Å². The van der Waals surface area contributed by atoms with Crippen molar-refractivity contribution in [2.24, 2.45) is 0 Å². The van der Waals surface area contributed by atoms with Gasteiger partial charge in [0.05, 0.1) is 6.42 Å². The Morgan fingerprint density at radius 1 is 1.14 bits per heavy atom. The van der Waals surface area contributed by atoms with Crippen LogP contribution in [0.1, 0.15) is 32.8 Å². The summed E-state index contributed by atoms with van der Waals surface area (Å²) in [6, 6.07) is 2.99. The number of hydrogen-bond donors (Lipinski definition) is 1. The number of hydroxylamine groups is 1. The van der Waals surface area contributed by atoms with Crippen molar-refractivity contribution in [3.63, 3.8) is 0 Å². The quantitative estimate of drug-likeness (QED) is 0.872. The number of carbonyl (C=O) groups is 2. The van der Waals surface area contributed by atoms with Gasteiger partial charge < -0.3 is 9.57 Å². The van der Waals surface area contributed by atoms with Crippen LogP contribution in [0, 0.1) is 11.6 Å². The molecule has 0 heterocycles. The van der Waals surface area contributed by atoms with E-state index in [-0.39, 0.29) is 12.8 Å². The third-order valence-corrected chi connectivity index (χ3v) is 2.19. The zero-order chi connectivity index (χ0) is 16.0. The number of amides is 1. The summed E-state index contributed by atoms with van der Waals surface area (Å²) in [6.07, 6.45) is -0.949. The molecule has 0 spiro atoms. The number of nitrogens with one attached hydrogen (secondary N) is 1. The van der Waals surface area contributed by atoms with E-state index in [0.717, 1.165) is 18.2 Å². The highest BCUT2D eigenvalue weighted by Crippen LogP contribution is 2.10. The Kier molecular flexibility index (Phi) is 5.63. The molecule has 1 N–H and O–H groups in total. The van der Waals surface area contributed by atoms with Gasteiger partial charge in [-0.15, -0.1) is 5.48 Å². The van der Waals surface area contributed by atoms with Gasteiger partial charge in [0.25, 0.3) is 0 Å². The molecule has 0 bridgehead atoms. The van der Waals surface area contributed by atoms with Gasteiger partial charge in [0.1, 0.15) is 17.2 Å². The molecule has 116 valence electrons. The molecule has 0 aliphatic heterocycles. The Labute approximate surface area is 121 Å². The molecule has 1 amide bonds. The lowest BCUT2D eigenvalue weighted by atomic mass is 10.1. The topological polar surface area (TPSA) is 64.6 Å². The fraction of sp³-hybridized carbons (Fsp3) is 0.429. The molecule has 0 aromatic heterocycles. The third kappa shape index (κ3) is 7.24. The number of halogens is 2. The molecule has 0 fully saturated rings. The van der Waals surface area contributed by atoms with Crippen molar-refractivity contribution in [2.45, 2.75) is 39.2 Å². The molecule has 0 saturated carbocycles. The zero-order valence-electron chi connectivity index (χ0n) is 12.0. The van der Waals surface area contributed by atoms with E-state index in [9.17, 15) is 18.4 Å². The average Bonchev–Trinajstić information content (AvgIpc) is 2.30. The second kappa shape index (κ2) is 7.01. The summed E-state index contributed by atoms with van der Waals surface area (Å²) in [4.78, 5) is 27.1. The fourth-order valence-electron chi connectivity index (χ4n) is 1.45. The van der Waals surface area contributed by atoms with Gasteiger partial charge in [0.2, 0.25) is 0 Å². The van der Waals surface area contributed by atoms with Crippen LogP contribution in [0.15, 0.2) is 18.2 Å². The fourth-order valence-corrected chi connectivity index (χ4v) is 1.45. The van der Waals surface area contributed by atoms with Gasteiger partial charge in [-0.3, -0.25) is 0 Å². The molecule has 0 atom stereocenters. The van der Waals surface area contributed by atoms with Crippen LogP contribution in [0.3, 0.4) is 0 Å². The summed E-state index contributed by atoms with van der Waals surface area (Å²) < 4.78 is 30.7. The standard InChI is InChI=1S/C14H17F2NO4/c1-14(2,3)20-13(19)17-21-12(18)5-4-9-6-10(15)8-11(16)7-9/h6-8H,4-5H2,1-3H3,(H,17,19). The lowest BCUT2D eigenvalue weighted by Gasteiger charge is -2.19. The summed E-state index contributed by atoms with van der Waals surface area (Å²) >= 11 is 0. The lowest BCUT2D eigenvalue weighted by Crippen LogP contribution is -2.34. The summed E-state index contributed by atoms with van der Waals surface area (Å²) in [7, 11) is 0. The van der Waals surface area contributed by atoms with Crippen molar-refractivity contribution in [2.75, 3.05) is 0 Å². The largest absolute Gasteiger partial charge is 0.442 e. The highest BCUT2D eigenvalue weighted by atomic mass is 19.1. The number of carbonyl (C=O) groups excluding carboxylic acids is 2. The smallest absolute Gasteiger partial charge is 0.441 e. The summed E-state index contributed by atoms with van der Waals surface area (Å²) in [5.41, 5.74) is 1.45. The van der Waals surface area contributed by atoms with Crippen molar-refractivity contribution >= 4 is 12.1 Å². The van der Waals surface area contributed by atoms with Gasteiger partial charge in [-0.25, -0.2) is 18.4 Å². The van der Waals surface area contributed by atoms with E-state index in [1.165, 1.54) is 0 Å². The number of hydrogen-bond acceptors (Lipinski definition) is 4. The van der Waals surface area contributed by atoms with Gasteiger partial charge >= 0.3 is 12.1 Å². The third-order valence-electron chi connectivity index (χ3n) is 2.19. The molecule has 0 radical (unpaired) electrons. The van der Waals surface area contributed by atoms with Crippen molar-refractivity contribution in [3.8, 4) is 0 Å². The normalized spacial score (nSPS) is 10.9. The second-order valence-corrected chi connectivity index (χ2v) is 5.36. The monoisotopic (exact) mass is 301 g/mol. The molecule has 0 aliphatic rings. The van der Waals surface area contributed by atoms with E-state index >= 15 is 0 Å². The van der Waals surface area contributed by atoms with Crippen LogP contribution in [0.4, 0.5) is 13.6 Å². The van der Waals surface area contributed by atoms with Crippen molar-refractivity contribution < 1.29 is 27.9 Å². The van der Waals surface area contributed by atoms with Gasteiger partial charge in [-0.2, -0.15) is 0 Å². The van der Waals surface area contributed by atoms with E-state index in [0.29, 0.717) is 5.56 Å².